The van der Waals surface area contributed by atoms with Crippen molar-refractivity contribution in [2.45, 2.75) is 84.8 Å². The zero-order chi connectivity index (χ0) is 13.5. The quantitative estimate of drug-likeness (QED) is 0.632. The summed E-state index contributed by atoms with van der Waals surface area (Å²) in [5, 5.41) is 3.61. The van der Waals surface area contributed by atoms with Crippen molar-refractivity contribution >= 4 is 0 Å². The average molecular weight is 254 g/mol. The average Bonchev–Trinajstić information content (AvgIpc) is 2.25. The summed E-state index contributed by atoms with van der Waals surface area (Å²) >= 11 is 0. The van der Waals surface area contributed by atoms with Crippen LogP contribution in [0.3, 0.4) is 0 Å². The van der Waals surface area contributed by atoms with Crippen LogP contribution in [0, 0.1) is 5.92 Å². The summed E-state index contributed by atoms with van der Waals surface area (Å²) < 4.78 is 0. The van der Waals surface area contributed by atoms with Gasteiger partial charge in [-0.15, -0.1) is 0 Å². The van der Waals surface area contributed by atoms with Crippen molar-refractivity contribution in [3.05, 3.63) is 0 Å². The second kappa shape index (κ2) is 8.16. The first-order chi connectivity index (χ1) is 8.56. The van der Waals surface area contributed by atoms with E-state index in [1.807, 2.05) is 0 Å². The van der Waals surface area contributed by atoms with Gasteiger partial charge in [0.05, 0.1) is 0 Å². The van der Waals surface area contributed by atoms with E-state index in [0.29, 0.717) is 12.1 Å². The minimum atomic E-state index is 0.624. The lowest BCUT2D eigenvalue weighted by molar-refractivity contribution is 0.0357. The summed E-state index contributed by atoms with van der Waals surface area (Å²) in [6, 6.07) is 2.17. The number of rotatable bonds is 9. The predicted molar refractivity (Wildman–Crippen MR) is 81.0 cm³/mol. The van der Waals surface area contributed by atoms with Gasteiger partial charge in [-0.25, -0.2) is 0 Å². The molecule has 2 nitrogen and oxygen atoms in total. The molecule has 1 aliphatic rings. The third-order valence-electron chi connectivity index (χ3n) is 4.27. The van der Waals surface area contributed by atoms with Crippen molar-refractivity contribution in [3.8, 4) is 0 Å². The number of hydrogen-bond donors (Lipinski definition) is 1. The van der Waals surface area contributed by atoms with E-state index in [-0.39, 0.29) is 0 Å². The highest BCUT2D eigenvalue weighted by atomic mass is 15.2. The molecule has 0 aromatic rings. The van der Waals surface area contributed by atoms with E-state index in [4.69, 9.17) is 0 Å². The molecule has 1 N–H and O–H groups in total. The first-order valence-corrected chi connectivity index (χ1v) is 8.05. The van der Waals surface area contributed by atoms with Gasteiger partial charge in [-0.05, 0) is 52.1 Å². The number of unbranched alkanes of at least 4 members (excludes halogenated alkanes) is 2. The van der Waals surface area contributed by atoms with Crippen LogP contribution in [0.15, 0.2) is 0 Å². The molecule has 1 aliphatic carbocycles. The van der Waals surface area contributed by atoms with E-state index in [0.717, 1.165) is 12.0 Å². The fraction of sp³-hybridized carbons (Fsp3) is 1.00. The monoisotopic (exact) mass is 254 g/mol. The molecule has 0 amide bonds. The smallest absolute Gasteiger partial charge is 0.0138 e. The van der Waals surface area contributed by atoms with Crippen LogP contribution >= 0.6 is 0 Å². The van der Waals surface area contributed by atoms with Crippen LogP contribution in [0.25, 0.3) is 0 Å². The molecule has 0 spiro atoms. The molecule has 2 unspecified atom stereocenters. The minimum absolute atomic E-state index is 0.624. The van der Waals surface area contributed by atoms with Gasteiger partial charge in [-0.3, -0.25) is 4.90 Å². The Morgan fingerprint density at radius 1 is 1.11 bits per heavy atom. The Morgan fingerprint density at radius 3 is 2.28 bits per heavy atom. The van der Waals surface area contributed by atoms with Gasteiger partial charge in [0.2, 0.25) is 0 Å². The van der Waals surface area contributed by atoms with Crippen molar-refractivity contribution in [1.82, 2.24) is 10.2 Å². The third kappa shape index (κ3) is 4.89. The molecule has 0 bridgehead atoms. The molecule has 0 aromatic carbocycles. The Balaban J connectivity index is 2.37. The SMILES string of the molecule is CCCCCN(C(C)C)C1CCC1CNC(C)C. The maximum atomic E-state index is 3.61. The van der Waals surface area contributed by atoms with Crippen LogP contribution in [0.1, 0.15) is 66.7 Å². The highest BCUT2D eigenvalue weighted by Crippen LogP contribution is 2.33. The van der Waals surface area contributed by atoms with Crippen molar-refractivity contribution < 1.29 is 0 Å². The van der Waals surface area contributed by atoms with E-state index in [1.165, 1.54) is 45.2 Å². The number of nitrogens with one attached hydrogen (secondary N) is 1. The van der Waals surface area contributed by atoms with Gasteiger partial charge in [0, 0.05) is 18.1 Å². The molecular weight excluding hydrogens is 220 g/mol. The van der Waals surface area contributed by atoms with E-state index < -0.39 is 0 Å². The molecular formula is C16H34N2. The van der Waals surface area contributed by atoms with E-state index in [1.54, 1.807) is 0 Å². The molecule has 0 radical (unpaired) electrons. The lowest BCUT2D eigenvalue weighted by atomic mass is 9.77. The maximum Gasteiger partial charge on any atom is 0.0138 e. The topological polar surface area (TPSA) is 15.3 Å². The van der Waals surface area contributed by atoms with Gasteiger partial charge >= 0.3 is 0 Å². The van der Waals surface area contributed by atoms with Gasteiger partial charge in [0.15, 0.2) is 0 Å². The van der Waals surface area contributed by atoms with Gasteiger partial charge in [0.25, 0.3) is 0 Å². The highest BCUT2D eigenvalue weighted by Gasteiger charge is 2.35. The largest absolute Gasteiger partial charge is 0.314 e. The number of hydrogen-bond acceptors (Lipinski definition) is 2. The second-order valence-electron chi connectivity index (χ2n) is 6.51. The minimum Gasteiger partial charge on any atom is -0.314 e. The fourth-order valence-corrected chi connectivity index (χ4v) is 2.96. The van der Waals surface area contributed by atoms with E-state index in [9.17, 15) is 0 Å². The molecule has 18 heavy (non-hydrogen) atoms. The molecule has 108 valence electrons. The van der Waals surface area contributed by atoms with E-state index in [2.05, 4.69) is 44.8 Å². The Kier molecular flexibility index (Phi) is 7.25. The van der Waals surface area contributed by atoms with Gasteiger partial charge in [-0.2, -0.15) is 0 Å². The lowest BCUT2D eigenvalue weighted by Gasteiger charge is -2.47. The molecule has 0 saturated heterocycles. The zero-order valence-electron chi connectivity index (χ0n) is 13.2. The van der Waals surface area contributed by atoms with Crippen molar-refractivity contribution in [1.29, 1.82) is 0 Å². The molecule has 1 rings (SSSR count). The van der Waals surface area contributed by atoms with Gasteiger partial charge in [0.1, 0.15) is 0 Å². The third-order valence-corrected chi connectivity index (χ3v) is 4.27. The van der Waals surface area contributed by atoms with Gasteiger partial charge < -0.3 is 5.32 Å². The second-order valence-corrected chi connectivity index (χ2v) is 6.51. The van der Waals surface area contributed by atoms with Crippen molar-refractivity contribution in [2.24, 2.45) is 5.92 Å². The van der Waals surface area contributed by atoms with E-state index >= 15 is 0 Å². The summed E-state index contributed by atoms with van der Waals surface area (Å²) in [4.78, 5) is 2.76. The van der Waals surface area contributed by atoms with Gasteiger partial charge in [-0.1, -0.05) is 33.6 Å². The summed E-state index contributed by atoms with van der Waals surface area (Å²) in [6.07, 6.45) is 6.91. The van der Waals surface area contributed by atoms with Crippen LogP contribution in [0.4, 0.5) is 0 Å². The molecule has 0 aliphatic heterocycles. The molecule has 2 atom stereocenters. The standard InChI is InChI=1S/C16H34N2/c1-6-7-8-11-18(14(4)5)16-10-9-15(16)12-17-13(2)3/h13-17H,6-12H2,1-5H3. The summed E-state index contributed by atoms with van der Waals surface area (Å²) in [6.45, 7) is 14.0. The Bertz CT molecular complexity index is 213. The van der Waals surface area contributed by atoms with Crippen LogP contribution in [0.2, 0.25) is 0 Å². The van der Waals surface area contributed by atoms with Crippen molar-refractivity contribution in [3.63, 3.8) is 0 Å². The maximum absolute atomic E-state index is 3.61. The summed E-state index contributed by atoms with van der Waals surface area (Å²) in [7, 11) is 0. The Morgan fingerprint density at radius 2 is 1.83 bits per heavy atom. The zero-order valence-corrected chi connectivity index (χ0v) is 13.2. The van der Waals surface area contributed by atoms with Crippen LogP contribution in [-0.2, 0) is 0 Å². The summed E-state index contributed by atoms with van der Waals surface area (Å²) in [5.74, 6) is 0.886. The molecule has 0 aromatic heterocycles. The fourth-order valence-electron chi connectivity index (χ4n) is 2.96. The highest BCUT2D eigenvalue weighted by molar-refractivity contribution is 4.91. The molecule has 1 fully saturated rings. The number of nitrogens with zero attached hydrogens (tertiary/aromatic N) is 1. The normalized spacial score (nSPS) is 24.0. The molecule has 2 heteroatoms. The van der Waals surface area contributed by atoms with Crippen LogP contribution < -0.4 is 5.32 Å². The first-order valence-electron chi connectivity index (χ1n) is 8.05. The Hall–Kier alpha value is -0.0800. The van der Waals surface area contributed by atoms with Crippen LogP contribution in [0.5, 0.6) is 0 Å². The Labute approximate surface area is 115 Å². The molecule has 0 heterocycles. The lowest BCUT2D eigenvalue weighted by Crippen LogP contribution is -2.53. The van der Waals surface area contributed by atoms with Crippen LogP contribution in [-0.4, -0.2) is 36.1 Å². The predicted octanol–water partition coefficient (Wildman–Crippen LogP) is 3.66. The van der Waals surface area contributed by atoms with Crippen molar-refractivity contribution in [2.75, 3.05) is 13.1 Å². The first kappa shape index (κ1) is 16.0. The molecule has 1 saturated carbocycles. The summed E-state index contributed by atoms with van der Waals surface area (Å²) in [5.41, 5.74) is 0.